The summed E-state index contributed by atoms with van der Waals surface area (Å²) in [5, 5.41) is 18.3. The van der Waals surface area contributed by atoms with Gasteiger partial charge in [0.15, 0.2) is 22.8 Å². The SMILES string of the molecule is C=CCc1ccc(Oc2ccc([N+](=O)[O-])c3nonc23)c(OC)c1. The Balaban J connectivity index is 2.01. The van der Waals surface area contributed by atoms with Crippen LogP contribution in [0.4, 0.5) is 5.69 Å². The van der Waals surface area contributed by atoms with Gasteiger partial charge in [0.25, 0.3) is 0 Å². The molecule has 3 rings (SSSR count). The molecule has 1 aromatic heterocycles. The lowest BCUT2D eigenvalue weighted by Gasteiger charge is -2.11. The van der Waals surface area contributed by atoms with E-state index in [1.54, 1.807) is 12.1 Å². The van der Waals surface area contributed by atoms with Crippen LogP contribution < -0.4 is 9.47 Å². The molecule has 3 aromatic rings. The van der Waals surface area contributed by atoms with Crippen molar-refractivity contribution >= 4 is 16.7 Å². The van der Waals surface area contributed by atoms with E-state index in [-0.39, 0.29) is 22.5 Å². The molecule has 24 heavy (non-hydrogen) atoms. The van der Waals surface area contributed by atoms with Gasteiger partial charge in [0.2, 0.25) is 5.52 Å². The number of aromatic nitrogens is 2. The number of nitrogens with zero attached hydrogens (tertiary/aromatic N) is 3. The molecular formula is C16H13N3O5. The number of methoxy groups -OCH3 is 1. The van der Waals surface area contributed by atoms with Crippen molar-refractivity contribution in [1.29, 1.82) is 0 Å². The summed E-state index contributed by atoms with van der Waals surface area (Å²) in [6.07, 6.45) is 2.49. The number of nitro groups is 1. The first kappa shape index (κ1) is 15.5. The first-order chi connectivity index (χ1) is 11.6. The van der Waals surface area contributed by atoms with Gasteiger partial charge in [-0.25, -0.2) is 4.63 Å². The van der Waals surface area contributed by atoms with Gasteiger partial charge in [-0.1, -0.05) is 12.1 Å². The average molecular weight is 327 g/mol. The third-order valence-corrected chi connectivity index (χ3v) is 3.38. The molecule has 0 aliphatic heterocycles. The zero-order valence-corrected chi connectivity index (χ0v) is 12.8. The van der Waals surface area contributed by atoms with Crippen molar-refractivity contribution in [1.82, 2.24) is 10.3 Å². The van der Waals surface area contributed by atoms with Crippen molar-refractivity contribution in [3.63, 3.8) is 0 Å². The maximum absolute atomic E-state index is 11.0. The molecule has 0 spiro atoms. The molecule has 0 atom stereocenters. The van der Waals surface area contributed by atoms with Crippen LogP contribution in [0.25, 0.3) is 11.0 Å². The number of benzene rings is 2. The number of hydrogen-bond donors (Lipinski definition) is 0. The molecule has 0 saturated carbocycles. The monoisotopic (exact) mass is 327 g/mol. The smallest absolute Gasteiger partial charge is 0.301 e. The summed E-state index contributed by atoms with van der Waals surface area (Å²) in [5.74, 6) is 1.26. The van der Waals surface area contributed by atoms with Gasteiger partial charge in [-0.15, -0.1) is 6.58 Å². The van der Waals surface area contributed by atoms with E-state index in [2.05, 4.69) is 21.5 Å². The van der Waals surface area contributed by atoms with Crippen LogP contribution in [0.3, 0.4) is 0 Å². The quantitative estimate of drug-likeness (QED) is 0.387. The van der Waals surface area contributed by atoms with Crippen molar-refractivity contribution in [3.8, 4) is 17.2 Å². The number of allylic oxidation sites excluding steroid dienone is 1. The van der Waals surface area contributed by atoms with Crippen molar-refractivity contribution in [2.45, 2.75) is 6.42 Å². The molecule has 0 fully saturated rings. The maximum Gasteiger partial charge on any atom is 0.301 e. The van der Waals surface area contributed by atoms with E-state index in [1.807, 2.05) is 12.1 Å². The standard InChI is InChI=1S/C16H13N3O5/c1-3-4-10-5-7-12(14(9-10)22-2)23-13-8-6-11(19(20)21)15-16(13)18-24-17-15/h3,5-9H,1,4H2,2H3. The Morgan fingerprint density at radius 1 is 1.21 bits per heavy atom. The normalized spacial score (nSPS) is 10.5. The highest BCUT2D eigenvalue weighted by molar-refractivity contribution is 5.88. The summed E-state index contributed by atoms with van der Waals surface area (Å²) in [7, 11) is 1.53. The van der Waals surface area contributed by atoms with Gasteiger partial charge in [0, 0.05) is 6.07 Å². The summed E-state index contributed by atoms with van der Waals surface area (Å²) < 4.78 is 15.8. The largest absolute Gasteiger partial charge is 0.493 e. The molecule has 0 aliphatic rings. The van der Waals surface area contributed by atoms with Gasteiger partial charge in [0.1, 0.15) is 0 Å². The fourth-order valence-electron chi connectivity index (χ4n) is 2.27. The van der Waals surface area contributed by atoms with Crippen LogP contribution in [0.2, 0.25) is 0 Å². The Labute approximate surface area is 136 Å². The van der Waals surface area contributed by atoms with E-state index in [9.17, 15) is 10.1 Å². The van der Waals surface area contributed by atoms with Crippen LogP contribution in [0.15, 0.2) is 47.6 Å². The van der Waals surface area contributed by atoms with Crippen LogP contribution in [-0.2, 0) is 6.42 Å². The van der Waals surface area contributed by atoms with E-state index < -0.39 is 4.92 Å². The fraction of sp³-hybridized carbons (Fsp3) is 0.125. The van der Waals surface area contributed by atoms with Gasteiger partial charge in [-0.3, -0.25) is 10.1 Å². The van der Waals surface area contributed by atoms with Crippen molar-refractivity contribution in [2.24, 2.45) is 0 Å². The van der Waals surface area contributed by atoms with Gasteiger partial charge in [0.05, 0.1) is 12.0 Å². The summed E-state index contributed by atoms with van der Waals surface area (Å²) in [5.41, 5.74) is 1.01. The molecular weight excluding hydrogens is 314 g/mol. The Morgan fingerprint density at radius 3 is 2.67 bits per heavy atom. The molecule has 0 saturated heterocycles. The molecule has 0 aliphatic carbocycles. The minimum atomic E-state index is -0.555. The molecule has 2 aromatic carbocycles. The molecule has 1 heterocycles. The van der Waals surface area contributed by atoms with Crippen LogP contribution in [0.1, 0.15) is 5.56 Å². The summed E-state index contributed by atoms with van der Waals surface area (Å²) >= 11 is 0. The topological polar surface area (TPSA) is 101 Å². The third-order valence-electron chi connectivity index (χ3n) is 3.38. The number of ether oxygens (including phenoxy) is 2. The molecule has 122 valence electrons. The van der Waals surface area contributed by atoms with E-state index in [4.69, 9.17) is 9.47 Å². The average Bonchev–Trinajstić information content (AvgIpc) is 3.06. The molecule has 8 nitrogen and oxygen atoms in total. The van der Waals surface area contributed by atoms with Gasteiger partial charge in [-0.2, -0.15) is 0 Å². The van der Waals surface area contributed by atoms with E-state index in [1.165, 1.54) is 19.2 Å². The number of nitro benzene ring substituents is 1. The molecule has 0 N–H and O–H groups in total. The Hall–Kier alpha value is -3.42. The lowest BCUT2D eigenvalue weighted by Crippen LogP contribution is -1.94. The number of rotatable bonds is 6. The van der Waals surface area contributed by atoms with Gasteiger partial charge < -0.3 is 9.47 Å². The second kappa shape index (κ2) is 6.37. The fourth-order valence-corrected chi connectivity index (χ4v) is 2.27. The minimum absolute atomic E-state index is 0.0275. The highest BCUT2D eigenvalue weighted by atomic mass is 16.6. The number of fused-ring (bicyclic) bond motifs is 1. The lowest BCUT2D eigenvalue weighted by molar-refractivity contribution is -0.383. The first-order valence-corrected chi connectivity index (χ1v) is 6.99. The van der Waals surface area contributed by atoms with Crippen molar-refractivity contribution in [3.05, 3.63) is 58.7 Å². The molecule has 0 bridgehead atoms. The summed E-state index contributed by atoms with van der Waals surface area (Å²) in [6.45, 7) is 3.70. The Morgan fingerprint density at radius 2 is 1.96 bits per heavy atom. The van der Waals surface area contributed by atoms with E-state index in [0.717, 1.165) is 5.56 Å². The van der Waals surface area contributed by atoms with Crippen LogP contribution in [-0.4, -0.2) is 22.3 Å². The first-order valence-electron chi connectivity index (χ1n) is 6.99. The van der Waals surface area contributed by atoms with Gasteiger partial charge >= 0.3 is 5.69 Å². The molecule has 0 amide bonds. The minimum Gasteiger partial charge on any atom is -0.493 e. The molecule has 8 heteroatoms. The van der Waals surface area contributed by atoms with Crippen molar-refractivity contribution in [2.75, 3.05) is 7.11 Å². The maximum atomic E-state index is 11.0. The summed E-state index contributed by atoms with van der Waals surface area (Å²) in [4.78, 5) is 10.5. The number of non-ortho nitro benzene ring substituents is 1. The second-order valence-electron chi connectivity index (χ2n) is 4.88. The molecule has 0 radical (unpaired) electrons. The highest BCUT2D eigenvalue weighted by Gasteiger charge is 2.21. The Kier molecular flexibility index (Phi) is 4.11. The van der Waals surface area contributed by atoms with E-state index >= 15 is 0 Å². The summed E-state index contributed by atoms with van der Waals surface area (Å²) in [6, 6.07) is 8.20. The Bertz CT molecular complexity index is 919. The predicted molar refractivity (Wildman–Crippen MR) is 85.4 cm³/mol. The predicted octanol–water partition coefficient (Wildman–Crippen LogP) is 3.66. The lowest BCUT2D eigenvalue weighted by atomic mass is 10.1. The zero-order chi connectivity index (χ0) is 17.1. The molecule has 0 unspecified atom stereocenters. The van der Waals surface area contributed by atoms with Gasteiger partial charge in [-0.05, 0) is 40.5 Å². The second-order valence-corrected chi connectivity index (χ2v) is 4.88. The zero-order valence-electron chi connectivity index (χ0n) is 12.8. The van der Waals surface area contributed by atoms with Crippen LogP contribution in [0.5, 0.6) is 17.2 Å². The number of hydrogen-bond acceptors (Lipinski definition) is 7. The van der Waals surface area contributed by atoms with Crippen LogP contribution in [0, 0.1) is 10.1 Å². The van der Waals surface area contributed by atoms with Crippen LogP contribution >= 0.6 is 0 Å². The highest BCUT2D eigenvalue weighted by Crippen LogP contribution is 2.37. The third kappa shape index (κ3) is 2.76. The van der Waals surface area contributed by atoms with Crippen molar-refractivity contribution < 1.29 is 19.0 Å². The van der Waals surface area contributed by atoms with E-state index in [0.29, 0.717) is 17.9 Å².